The molecular weight excluding hydrogens is 286 g/mol. The van der Waals surface area contributed by atoms with E-state index in [1.165, 1.54) is 12.1 Å². The van der Waals surface area contributed by atoms with Gasteiger partial charge in [-0.05, 0) is 34.8 Å². The van der Waals surface area contributed by atoms with Crippen LogP contribution in [0.25, 0.3) is 0 Å². The number of nitrogens with two attached hydrogens (primary N) is 1. The Hall–Kier alpha value is -1.14. The molecule has 0 radical (unpaired) electrons. The number of nitro benzene ring substituents is 1. The fourth-order valence-corrected chi connectivity index (χ4v) is 2.71. The molecule has 1 heterocycles. The first-order valence-corrected chi connectivity index (χ1v) is 6.31. The molecule has 1 atom stereocenters. The van der Waals surface area contributed by atoms with Crippen molar-refractivity contribution in [3.05, 3.63) is 32.8 Å². The van der Waals surface area contributed by atoms with E-state index in [0.29, 0.717) is 0 Å². The van der Waals surface area contributed by atoms with E-state index in [1.807, 2.05) is 0 Å². The van der Waals surface area contributed by atoms with Gasteiger partial charge in [0.15, 0.2) is 0 Å². The van der Waals surface area contributed by atoms with E-state index in [0.717, 1.165) is 36.1 Å². The van der Waals surface area contributed by atoms with Gasteiger partial charge in [-0.15, -0.1) is 0 Å². The fraction of sp³-hybridized carbons (Fsp3) is 0.455. The quantitative estimate of drug-likeness (QED) is 0.672. The molecule has 2 rings (SSSR count). The predicted octanol–water partition coefficient (Wildman–Crippen LogP) is 2.28. The highest BCUT2D eigenvalue weighted by atomic mass is 79.9. The van der Waals surface area contributed by atoms with E-state index in [1.54, 1.807) is 6.07 Å². The number of nitrogens with zero attached hydrogens (tertiary/aromatic N) is 2. The Labute approximate surface area is 108 Å². The maximum atomic E-state index is 10.6. The van der Waals surface area contributed by atoms with E-state index in [4.69, 9.17) is 5.73 Å². The van der Waals surface area contributed by atoms with Crippen molar-refractivity contribution in [2.75, 3.05) is 18.0 Å². The molecule has 17 heavy (non-hydrogen) atoms. The molecule has 1 aliphatic rings. The summed E-state index contributed by atoms with van der Waals surface area (Å²) in [5, 5.41) is 10.6. The van der Waals surface area contributed by atoms with Crippen molar-refractivity contribution in [1.82, 2.24) is 0 Å². The van der Waals surface area contributed by atoms with Crippen molar-refractivity contribution in [3.8, 4) is 0 Å². The molecule has 0 spiro atoms. The molecule has 0 aliphatic carbocycles. The van der Waals surface area contributed by atoms with Gasteiger partial charge in [-0.1, -0.05) is 0 Å². The number of benzene rings is 1. The van der Waals surface area contributed by atoms with Crippen molar-refractivity contribution in [3.63, 3.8) is 0 Å². The molecule has 1 fully saturated rings. The van der Waals surface area contributed by atoms with E-state index >= 15 is 0 Å². The van der Waals surface area contributed by atoms with Gasteiger partial charge in [0.05, 0.1) is 10.6 Å². The Morgan fingerprint density at radius 2 is 2.29 bits per heavy atom. The van der Waals surface area contributed by atoms with Crippen LogP contribution in [0.15, 0.2) is 22.7 Å². The zero-order valence-electron chi connectivity index (χ0n) is 9.30. The zero-order chi connectivity index (χ0) is 12.4. The molecule has 1 aromatic rings. The lowest BCUT2D eigenvalue weighted by atomic mass is 10.1. The summed E-state index contributed by atoms with van der Waals surface area (Å²) in [6.45, 7) is 1.75. The first-order valence-electron chi connectivity index (χ1n) is 5.52. The van der Waals surface area contributed by atoms with Gasteiger partial charge < -0.3 is 10.6 Å². The second kappa shape index (κ2) is 5.01. The van der Waals surface area contributed by atoms with Crippen molar-refractivity contribution < 1.29 is 4.92 Å². The van der Waals surface area contributed by atoms with Crippen LogP contribution in [0.2, 0.25) is 0 Å². The van der Waals surface area contributed by atoms with E-state index < -0.39 is 4.92 Å². The highest BCUT2D eigenvalue weighted by molar-refractivity contribution is 9.10. The largest absolute Gasteiger partial charge is 0.369 e. The number of hydrogen-bond donors (Lipinski definition) is 1. The van der Waals surface area contributed by atoms with Crippen molar-refractivity contribution in [1.29, 1.82) is 0 Å². The molecule has 1 saturated heterocycles. The minimum Gasteiger partial charge on any atom is -0.369 e. The van der Waals surface area contributed by atoms with Crippen LogP contribution in [0.3, 0.4) is 0 Å². The minimum absolute atomic E-state index is 0.0990. The highest BCUT2D eigenvalue weighted by Crippen LogP contribution is 2.31. The molecule has 1 aliphatic heterocycles. The lowest BCUT2D eigenvalue weighted by molar-refractivity contribution is -0.384. The Morgan fingerprint density at radius 3 is 2.88 bits per heavy atom. The van der Waals surface area contributed by atoms with Gasteiger partial charge in [-0.2, -0.15) is 0 Å². The van der Waals surface area contributed by atoms with Crippen LogP contribution in [0.4, 0.5) is 11.4 Å². The van der Waals surface area contributed by atoms with E-state index in [2.05, 4.69) is 20.8 Å². The zero-order valence-corrected chi connectivity index (χ0v) is 10.9. The van der Waals surface area contributed by atoms with Crippen molar-refractivity contribution in [2.24, 2.45) is 5.73 Å². The monoisotopic (exact) mass is 299 g/mol. The molecule has 0 saturated carbocycles. The Morgan fingerprint density at radius 1 is 1.53 bits per heavy atom. The molecule has 5 nitrogen and oxygen atoms in total. The Bertz CT molecular complexity index is 439. The first-order chi connectivity index (χ1) is 8.08. The number of piperidine rings is 1. The smallest absolute Gasteiger partial charge is 0.270 e. The third kappa shape index (κ3) is 2.76. The van der Waals surface area contributed by atoms with E-state index in [-0.39, 0.29) is 11.7 Å². The van der Waals surface area contributed by atoms with Crippen LogP contribution in [0, 0.1) is 10.1 Å². The molecule has 0 aromatic heterocycles. The minimum atomic E-state index is -0.392. The third-order valence-electron chi connectivity index (χ3n) is 2.94. The van der Waals surface area contributed by atoms with Crippen LogP contribution >= 0.6 is 15.9 Å². The SMILES string of the molecule is NC1CCCN(c2ccc([N+](=O)[O-])cc2Br)C1. The van der Waals surface area contributed by atoms with Gasteiger partial charge in [0.2, 0.25) is 0 Å². The number of halogens is 1. The van der Waals surface area contributed by atoms with Crippen LogP contribution in [-0.4, -0.2) is 24.1 Å². The summed E-state index contributed by atoms with van der Waals surface area (Å²) in [6.07, 6.45) is 2.10. The van der Waals surface area contributed by atoms with Crippen LogP contribution in [0.5, 0.6) is 0 Å². The average molecular weight is 300 g/mol. The average Bonchev–Trinajstić information content (AvgIpc) is 2.28. The summed E-state index contributed by atoms with van der Waals surface area (Å²) in [5.74, 6) is 0. The van der Waals surface area contributed by atoms with Crippen LogP contribution in [-0.2, 0) is 0 Å². The topological polar surface area (TPSA) is 72.4 Å². The van der Waals surface area contributed by atoms with Gasteiger partial charge in [0.1, 0.15) is 0 Å². The van der Waals surface area contributed by atoms with Gasteiger partial charge in [0.25, 0.3) is 5.69 Å². The lowest BCUT2D eigenvalue weighted by Gasteiger charge is -2.33. The molecule has 0 amide bonds. The number of nitro groups is 1. The Balaban J connectivity index is 2.23. The summed E-state index contributed by atoms with van der Waals surface area (Å²) in [4.78, 5) is 12.4. The lowest BCUT2D eigenvalue weighted by Crippen LogP contribution is -2.42. The Kier molecular flexibility index (Phi) is 3.63. The summed E-state index contributed by atoms with van der Waals surface area (Å²) >= 11 is 3.38. The fourth-order valence-electron chi connectivity index (χ4n) is 2.09. The molecule has 1 aromatic carbocycles. The second-order valence-electron chi connectivity index (χ2n) is 4.24. The number of anilines is 1. The van der Waals surface area contributed by atoms with Gasteiger partial charge in [-0.3, -0.25) is 10.1 Å². The van der Waals surface area contributed by atoms with Gasteiger partial charge in [0, 0.05) is 35.7 Å². The molecule has 1 unspecified atom stereocenters. The van der Waals surface area contributed by atoms with Crippen molar-refractivity contribution in [2.45, 2.75) is 18.9 Å². The maximum absolute atomic E-state index is 10.6. The molecule has 0 bridgehead atoms. The standard InChI is InChI=1S/C11H14BrN3O2/c12-10-6-9(15(16)17)3-4-11(10)14-5-1-2-8(13)7-14/h3-4,6,8H,1-2,5,7,13H2. The number of rotatable bonds is 2. The summed E-state index contributed by atoms with van der Waals surface area (Å²) < 4.78 is 0.751. The molecule has 92 valence electrons. The maximum Gasteiger partial charge on any atom is 0.270 e. The second-order valence-corrected chi connectivity index (χ2v) is 5.10. The summed E-state index contributed by atoms with van der Waals surface area (Å²) in [7, 11) is 0. The summed E-state index contributed by atoms with van der Waals surface area (Å²) in [6, 6.07) is 5.03. The normalized spacial score (nSPS) is 20.4. The molecule has 6 heteroatoms. The van der Waals surface area contributed by atoms with E-state index in [9.17, 15) is 10.1 Å². The van der Waals surface area contributed by atoms with Gasteiger partial charge in [-0.25, -0.2) is 0 Å². The first kappa shape index (κ1) is 12.3. The highest BCUT2D eigenvalue weighted by Gasteiger charge is 2.20. The molecular formula is C11H14BrN3O2. The third-order valence-corrected chi connectivity index (χ3v) is 3.58. The predicted molar refractivity (Wildman–Crippen MR) is 70.2 cm³/mol. The van der Waals surface area contributed by atoms with Crippen molar-refractivity contribution >= 4 is 27.3 Å². The van der Waals surface area contributed by atoms with Crippen LogP contribution in [0.1, 0.15) is 12.8 Å². The van der Waals surface area contributed by atoms with Gasteiger partial charge >= 0.3 is 0 Å². The molecule has 2 N–H and O–H groups in total. The number of hydrogen-bond acceptors (Lipinski definition) is 4. The number of non-ortho nitro benzene ring substituents is 1. The van der Waals surface area contributed by atoms with Crippen LogP contribution < -0.4 is 10.6 Å². The summed E-state index contributed by atoms with van der Waals surface area (Å²) in [5.41, 5.74) is 7.00.